The second kappa shape index (κ2) is 18.3. The molecule has 0 radical (unpaired) electrons. The monoisotopic (exact) mass is 804 g/mol. The highest BCUT2D eigenvalue weighted by molar-refractivity contribution is 5.91. The minimum Gasteiger partial charge on any atom is -0.494 e. The Labute approximate surface area is 307 Å². The van der Waals surface area contributed by atoms with Gasteiger partial charge < -0.3 is 18.9 Å². The van der Waals surface area contributed by atoms with E-state index in [1.807, 2.05) is 24.3 Å². The predicted octanol–water partition coefficient (Wildman–Crippen LogP) is 11.1. The molecule has 18 heteroatoms. The van der Waals surface area contributed by atoms with E-state index in [1.54, 1.807) is 24.3 Å². The molecule has 0 bridgehead atoms. The molecule has 0 heterocycles. The molecule has 3 aromatic carbocycles. The van der Waals surface area contributed by atoms with Crippen LogP contribution in [0.3, 0.4) is 0 Å². The Morgan fingerprint density at radius 1 is 0.618 bits per heavy atom. The van der Waals surface area contributed by atoms with E-state index in [0.29, 0.717) is 6.61 Å². The maximum Gasteiger partial charge on any atom is 0.384 e. The Balaban J connectivity index is 1.49. The minimum absolute atomic E-state index is 0.0226. The summed E-state index contributed by atoms with van der Waals surface area (Å²) < 4.78 is 181. The van der Waals surface area contributed by atoms with Crippen LogP contribution in [0.5, 0.6) is 17.2 Å². The fourth-order valence-electron chi connectivity index (χ4n) is 4.77. The molecule has 6 nitrogen and oxygen atoms in total. The molecule has 3 rings (SSSR count). The number of benzene rings is 3. The molecule has 0 amide bonds. The second-order valence-corrected chi connectivity index (χ2v) is 12.3. The van der Waals surface area contributed by atoms with Crippen molar-refractivity contribution in [2.75, 3.05) is 13.2 Å². The van der Waals surface area contributed by atoms with Crippen molar-refractivity contribution in [3.8, 4) is 28.4 Å². The molecule has 0 spiro atoms. The normalized spacial score (nSPS) is 13.4. The molecular weight excluding hydrogens is 768 g/mol. The molecule has 0 saturated carbocycles. The first-order chi connectivity index (χ1) is 25.6. The number of unbranched alkanes of at least 4 members (excludes halogenated alkanes) is 4. The van der Waals surface area contributed by atoms with Crippen LogP contribution in [0.4, 0.5) is 52.7 Å². The first-order valence-electron chi connectivity index (χ1n) is 16.7. The van der Waals surface area contributed by atoms with Gasteiger partial charge in [0.15, 0.2) is 6.10 Å². The first-order valence-corrected chi connectivity index (χ1v) is 16.7. The van der Waals surface area contributed by atoms with E-state index in [1.165, 1.54) is 43.5 Å². The van der Waals surface area contributed by atoms with E-state index in [9.17, 15) is 62.3 Å². The number of carbonyl (C=O) groups is 2. The summed E-state index contributed by atoms with van der Waals surface area (Å²) in [6, 6.07) is 18.9. The minimum atomic E-state index is -7.68. The van der Waals surface area contributed by atoms with Gasteiger partial charge in [-0.25, -0.2) is 18.4 Å². The predicted molar refractivity (Wildman–Crippen MR) is 174 cm³/mol. The standard InChI is InChI=1S/C37H36F12O6/c1-3-4-5-6-7-21-52-27-14-12-25(13-15-27)24-8-10-26(11-9-24)31(51)55-29-18-16-28(17-19-29)54-23(2)30(50)53-22-20-33(40,41)35(44,45)37(48,49)36(46,47)34(42,43)32(38)39/h8-19,23,32H,3-7,20-22H2,1-2H3/t23-/m0/s1. The molecule has 0 aromatic heterocycles. The average Bonchev–Trinajstić information content (AvgIpc) is 3.13. The number of hydrogen-bond donors (Lipinski definition) is 0. The zero-order valence-corrected chi connectivity index (χ0v) is 29.2. The maximum absolute atomic E-state index is 14.0. The summed E-state index contributed by atoms with van der Waals surface area (Å²) in [5.41, 5.74) is 1.91. The van der Waals surface area contributed by atoms with E-state index in [2.05, 4.69) is 11.7 Å². The number of esters is 2. The number of hydrogen-bond acceptors (Lipinski definition) is 6. The third kappa shape index (κ3) is 10.6. The SMILES string of the molecule is CCCCCCCOc1ccc(-c2ccc(C(=O)Oc3ccc(O[C@@H](C)C(=O)OCCC(F)(F)C(F)(F)C(F)(F)C(F)(F)C(F)(F)C(F)F)cc3)cc2)cc1. The third-order valence-corrected chi connectivity index (χ3v) is 8.11. The van der Waals surface area contributed by atoms with E-state index < -0.39 is 67.1 Å². The van der Waals surface area contributed by atoms with Crippen LogP contribution < -0.4 is 14.2 Å². The van der Waals surface area contributed by atoms with Gasteiger partial charge in [-0.2, -0.15) is 43.9 Å². The highest BCUT2D eigenvalue weighted by atomic mass is 19.4. The fourth-order valence-corrected chi connectivity index (χ4v) is 4.77. The quantitative estimate of drug-likeness (QED) is 0.0462. The van der Waals surface area contributed by atoms with Gasteiger partial charge in [-0.3, -0.25) is 0 Å². The second-order valence-electron chi connectivity index (χ2n) is 12.3. The maximum atomic E-state index is 14.0. The fraction of sp³-hybridized carbons (Fsp3) is 0.459. The number of rotatable bonds is 21. The van der Waals surface area contributed by atoms with Crippen molar-refractivity contribution in [3.63, 3.8) is 0 Å². The van der Waals surface area contributed by atoms with Crippen LogP contribution >= 0.6 is 0 Å². The van der Waals surface area contributed by atoms with Crippen LogP contribution in [-0.2, 0) is 9.53 Å². The molecule has 0 aliphatic carbocycles. The van der Waals surface area contributed by atoms with E-state index in [-0.39, 0.29) is 17.1 Å². The van der Waals surface area contributed by atoms with Crippen LogP contribution in [0.15, 0.2) is 72.8 Å². The Morgan fingerprint density at radius 2 is 1.13 bits per heavy atom. The molecule has 0 fully saturated rings. The van der Waals surface area contributed by atoms with Gasteiger partial charge in [0, 0.05) is 0 Å². The van der Waals surface area contributed by atoms with Crippen LogP contribution in [-0.4, -0.2) is 67.3 Å². The van der Waals surface area contributed by atoms with Gasteiger partial charge in [-0.15, -0.1) is 0 Å². The molecular formula is C37H36F12O6. The van der Waals surface area contributed by atoms with Crippen LogP contribution in [0, 0.1) is 0 Å². The van der Waals surface area contributed by atoms with Gasteiger partial charge in [-0.05, 0) is 73.0 Å². The van der Waals surface area contributed by atoms with Crippen molar-refractivity contribution in [1.82, 2.24) is 0 Å². The Hall–Kier alpha value is -4.64. The zero-order chi connectivity index (χ0) is 41.2. The van der Waals surface area contributed by atoms with Gasteiger partial charge in [0.2, 0.25) is 0 Å². The Bertz CT molecular complexity index is 1680. The molecule has 304 valence electrons. The molecule has 1 atom stereocenters. The lowest BCUT2D eigenvalue weighted by molar-refractivity contribution is -0.413. The first kappa shape index (κ1) is 44.8. The van der Waals surface area contributed by atoms with Crippen molar-refractivity contribution < 1.29 is 81.2 Å². The highest BCUT2D eigenvalue weighted by Gasteiger charge is 2.87. The van der Waals surface area contributed by atoms with E-state index in [4.69, 9.17) is 14.2 Å². The van der Waals surface area contributed by atoms with E-state index >= 15 is 0 Å². The lowest BCUT2D eigenvalue weighted by Crippen LogP contribution is -2.68. The lowest BCUT2D eigenvalue weighted by Gasteiger charge is -2.39. The summed E-state index contributed by atoms with van der Waals surface area (Å²) in [4.78, 5) is 24.8. The summed E-state index contributed by atoms with van der Waals surface area (Å²) >= 11 is 0. The highest BCUT2D eigenvalue weighted by Crippen LogP contribution is 2.58. The van der Waals surface area contributed by atoms with Crippen LogP contribution in [0.1, 0.15) is 62.7 Å². The molecule has 3 aromatic rings. The molecule has 0 unspecified atom stereocenters. The van der Waals surface area contributed by atoms with Crippen molar-refractivity contribution in [1.29, 1.82) is 0 Å². The summed E-state index contributed by atoms with van der Waals surface area (Å²) in [5, 5.41) is 0. The van der Waals surface area contributed by atoms with E-state index in [0.717, 1.165) is 36.6 Å². The molecule has 0 saturated heterocycles. The van der Waals surface area contributed by atoms with Crippen molar-refractivity contribution in [2.24, 2.45) is 0 Å². The lowest BCUT2D eigenvalue weighted by atomic mass is 9.93. The largest absolute Gasteiger partial charge is 0.494 e. The van der Waals surface area contributed by atoms with Crippen molar-refractivity contribution >= 4 is 11.9 Å². The molecule has 0 aliphatic rings. The summed E-state index contributed by atoms with van der Waals surface area (Å²) in [6.45, 7) is 1.92. The molecule has 55 heavy (non-hydrogen) atoms. The summed E-state index contributed by atoms with van der Waals surface area (Å²) in [5.74, 6) is -37.6. The Morgan fingerprint density at radius 3 is 1.67 bits per heavy atom. The average molecular weight is 805 g/mol. The van der Waals surface area contributed by atoms with Crippen LogP contribution in [0.2, 0.25) is 0 Å². The van der Waals surface area contributed by atoms with Gasteiger partial charge in [0.05, 0.1) is 25.2 Å². The summed E-state index contributed by atoms with van der Waals surface area (Å²) in [6.07, 6.45) is -4.26. The molecule has 0 aliphatic heterocycles. The smallest absolute Gasteiger partial charge is 0.384 e. The zero-order valence-electron chi connectivity index (χ0n) is 29.2. The van der Waals surface area contributed by atoms with Gasteiger partial charge in [-0.1, -0.05) is 56.9 Å². The van der Waals surface area contributed by atoms with Gasteiger partial charge in [0.1, 0.15) is 17.2 Å². The Kier molecular flexibility index (Phi) is 14.9. The van der Waals surface area contributed by atoms with Crippen molar-refractivity contribution in [3.05, 3.63) is 78.4 Å². The van der Waals surface area contributed by atoms with Crippen molar-refractivity contribution in [2.45, 2.75) is 94.5 Å². The number of alkyl halides is 12. The number of carbonyl (C=O) groups excluding carboxylic acids is 2. The third-order valence-electron chi connectivity index (χ3n) is 8.11. The number of ether oxygens (including phenoxy) is 4. The van der Waals surface area contributed by atoms with Crippen LogP contribution in [0.25, 0.3) is 11.1 Å². The number of halogens is 12. The molecule has 0 N–H and O–H groups in total. The summed E-state index contributed by atoms with van der Waals surface area (Å²) in [7, 11) is 0. The topological polar surface area (TPSA) is 71.1 Å². The van der Waals surface area contributed by atoms with Gasteiger partial charge in [0.25, 0.3) is 0 Å². The van der Waals surface area contributed by atoms with Gasteiger partial charge >= 0.3 is 48.0 Å².